The van der Waals surface area contributed by atoms with Crippen LogP contribution in [0.25, 0.3) is 33.5 Å². The lowest BCUT2D eigenvalue weighted by Crippen LogP contribution is -2.43. The summed E-state index contributed by atoms with van der Waals surface area (Å²) in [5, 5.41) is 21.1. The molecule has 38 heavy (non-hydrogen) atoms. The predicted molar refractivity (Wildman–Crippen MR) is 140 cm³/mol. The molecular formula is C27H31FN6O4. The van der Waals surface area contributed by atoms with Crippen LogP contribution in [-0.2, 0) is 28.9 Å². The molecule has 0 spiro atoms. The molecule has 0 aliphatic carbocycles. The van der Waals surface area contributed by atoms with Gasteiger partial charge in [-0.1, -0.05) is 13.0 Å². The van der Waals surface area contributed by atoms with Crippen molar-refractivity contribution in [1.29, 1.82) is 0 Å². The summed E-state index contributed by atoms with van der Waals surface area (Å²) in [6.45, 7) is 4.84. The van der Waals surface area contributed by atoms with Gasteiger partial charge in [0.25, 0.3) is 0 Å². The van der Waals surface area contributed by atoms with E-state index in [1.807, 2.05) is 25.1 Å². The number of imidazole rings is 1. The highest BCUT2D eigenvalue weighted by Gasteiger charge is 2.25. The Bertz CT molecular complexity index is 1450. The fourth-order valence-corrected chi connectivity index (χ4v) is 4.70. The van der Waals surface area contributed by atoms with Gasteiger partial charge in [-0.2, -0.15) is 5.10 Å². The number of fused-ring (bicyclic) bond motifs is 2. The van der Waals surface area contributed by atoms with Gasteiger partial charge >= 0.3 is 6.03 Å². The molecular weight excluding hydrogens is 491 g/mol. The minimum atomic E-state index is -0.651. The minimum Gasteiger partial charge on any atom is -0.505 e. The number of methoxy groups -OCH3 is 1. The number of amides is 2. The van der Waals surface area contributed by atoms with Gasteiger partial charge in [0, 0.05) is 32.0 Å². The average molecular weight is 523 g/mol. The topological polar surface area (TPSA) is 128 Å². The number of halogens is 1. The van der Waals surface area contributed by atoms with Gasteiger partial charge in [0.1, 0.15) is 5.69 Å². The Labute approximate surface area is 219 Å². The first kappa shape index (κ1) is 25.7. The maximum Gasteiger partial charge on any atom is 0.317 e. The van der Waals surface area contributed by atoms with Crippen molar-refractivity contribution in [2.75, 3.05) is 40.0 Å². The summed E-state index contributed by atoms with van der Waals surface area (Å²) in [5.74, 6) is -0.366. The maximum atomic E-state index is 14.1. The lowest BCUT2D eigenvalue weighted by Gasteiger charge is -2.26. The molecule has 0 radical (unpaired) electrons. The van der Waals surface area contributed by atoms with E-state index in [4.69, 9.17) is 14.5 Å². The number of carbonyl (C=O) groups excluding carboxylic acids is 1. The molecule has 0 saturated carbocycles. The van der Waals surface area contributed by atoms with Crippen molar-refractivity contribution < 1.29 is 23.8 Å². The third kappa shape index (κ3) is 5.20. The molecule has 0 fully saturated rings. The second-order valence-corrected chi connectivity index (χ2v) is 9.17. The maximum absolute atomic E-state index is 14.1. The van der Waals surface area contributed by atoms with Crippen LogP contribution in [0.4, 0.5) is 9.18 Å². The van der Waals surface area contributed by atoms with E-state index in [1.54, 1.807) is 12.0 Å². The van der Waals surface area contributed by atoms with Crippen LogP contribution < -0.4 is 5.32 Å². The highest BCUT2D eigenvalue weighted by Crippen LogP contribution is 2.34. The minimum absolute atomic E-state index is 0.142. The molecule has 0 bridgehead atoms. The first-order valence-corrected chi connectivity index (χ1v) is 12.7. The standard InChI is InChI=1S/C27H31FN6O4/c1-3-16-13-24(35)20(28)14-19(16)17-4-5-18-22(12-17)32-33-25(18)26-30-21-6-8-34(15-23(21)31-26)27(36)29-7-9-38-11-10-37-2/h4-5,12-14,35H,3,6-11,15H2,1-2H3,(H,29,36)(H,30,31)(H,32,33). The number of phenolic OH excluding ortho intramolecular Hbond substituents is 1. The van der Waals surface area contributed by atoms with Crippen molar-refractivity contribution in [3.05, 3.63) is 53.1 Å². The second kappa shape index (κ2) is 11.2. The summed E-state index contributed by atoms with van der Waals surface area (Å²) in [4.78, 5) is 22.4. The first-order valence-electron chi connectivity index (χ1n) is 12.7. The Morgan fingerprint density at radius 2 is 2.11 bits per heavy atom. The summed E-state index contributed by atoms with van der Waals surface area (Å²) in [6.07, 6.45) is 1.30. The number of aromatic amines is 2. The van der Waals surface area contributed by atoms with E-state index in [-0.39, 0.29) is 11.8 Å². The second-order valence-electron chi connectivity index (χ2n) is 9.17. The SMILES string of the molecule is CCc1cc(O)c(F)cc1-c1ccc2c(-c3nc4c([nH]3)CN(C(=O)NCCOCCOC)CC4)n[nH]c2c1. The molecule has 0 atom stereocenters. The Balaban J connectivity index is 1.30. The molecule has 0 saturated heterocycles. The number of aromatic nitrogens is 4. The number of benzene rings is 2. The number of rotatable bonds is 9. The summed E-state index contributed by atoms with van der Waals surface area (Å²) < 4.78 is 24.4. The van der Waals surface area contributed by atoms with Gasteiger partial charge in [-0.05, 0) is 47.4 Å². The summed E-state index contributed by atoms with van der Waals surface area (Å²) in [6, 6.07) is 8.47. The Hall–Kier alpha value is -3.96. The fourth-order valence-electron chi connectivity index (χ4n) is 4.70. The van der Waals surface area contributed by atoms with E-state index in [9.17, 15) is 14.3 Å². The predicted octanol–water partition coefficient (Wildman–Crippen LogP) is 3.76. The Kier molecular flexibility index (Phi) is 7.57. The zero-order chi connectivity index (χ0) is 26.6. The third-order valence-corrected chi connectivity index (χ3v) is 6.73. The molecule has 2 aromatic heterocycles. The molecule has 4 aromatic rings. The number of nitrogens with zero attached hydrogens (tertiary/aromatic N) is 3. The monoisotopic (exact) mass is 522 g/mol. The average Bonchev–Trinajstić information content (AvgIpc) is 3.54. The van der Waals surface area contributed by atoms with Gasteiger partial charge in [-0.3, -0.25) is 5.10 Å². The molecule has 2 aromatic carbocycles. The number of phenols is 1. The van der Waals surface area contributed by atoms with Crippen molar-refractivity contribution in [2.45, 2.75) is 26.3 Å². The van der Waals surface area contributed by atoms with Gasteiger partial charge < -0.3 is 29.8 Å². The number of H-pyrrole nitrogens is 2. The van der Waals surface area contributed by atoms with E-state index >= 15 is 0 Å². The Morgan fingerprint density at radius 3 is 2.92 bits per heavy atom. The number of aromatic hydroxyl groups is 1. The van der Waals surface area contributed by atoms with Gasteiger partial charge in [0.15, 0.2) is 17.4 Å². The molecule has 4 N–H and O–H groups in total. The van der Waals surface area contributed by atoms with Crippen LogP contribution in [0.15, 0.2) is 30.3 Å². The lowest BCUT2D eigenvalue weighted by atomic mass is 9.96. The van der Waals surface area contributed by atoms with Gasteiger partial charge in [0.05, 0.1) is 43.3 Å². The van der Waals surface area contributed by atoms with Crippen LogP contribution in [0.3, 0.4) is 0 Å². The quantitative estimate of drug-likeness (QED) is 0.248. The van der Waals surface area contributed by atoms with Crippen molar-refractivity contribution >= 4 is 16.9 Å². The molecule has 1 aliphatic rings. The number of aryl methyl sites for hydroxylation is 1. The smallest absolute Gasteiger partial charge is 0.317 e. The summed E-state index contributed by atoms with van der Waals surface area (Å²) in [7, 11) is 1.62. The molecule has 10 nitrogen and oxygen atoms in total. The molecule has 3 heterocycles. The van der Waals surface area contributed by atoms with Crippen molar-refractivity contribution in [3.8, 4) is 28.4 Å². The number of carbonyl (C=O) groups is 1. The van der Waals surface area contributed by atoms with Crippen LogP contribution in [0, 0.1) is 5.82 Å². The highest BCUT2D eigenvalue weighted by molar-refractivity contribution is 5.94. The summed E-state index contributed by atoms with van der Waals surface area (Å²) >= 11 is 0. The number of hydrogen-bond donors (Lipinski definition) is 4. The van der Waals surface area contributed by atoms with Crippen LogP contribution >= 0.6 is 0 Å². The number of hydrogen-bond acceptors (Lipinski definition) is 6. The van der Waals surface area contributed by atoms with E-state index in [1.165, 1.54) is 12.1 Å². The van der Waals surface area contributed by atoms with Crippen molar-refractivity contribution in [3.63, 3.8) is 0 Å². The van der Waals surface area contributed by atoms with Crippen LogP contribution in [0.1, 0.15) is 23.9 Å². The van der Waals surface area contributed by atoms with E-state index < -0.39 is 5.82 Å². The van der Waals surface area contributed by atoms with Gasteiger partial charge in [-0.15, -0.1) is 0 Å². The molecule has 200 valence electrons. The number of urea groups is 1. The van der Waals surface area contributed by atoms with Crippen LogP contribution in [-0.4, -0.2) is 76.2 Å². The molecule has 1 aliphatic heterocycles. The summed E-state index contributed by atoms with van der Waals surface area (Å²) in [5.41, 5.74) is 5.69. The van der Waals surface area contributed by atoms with Gasteiger partial charge in [-0.25, -0.2) is 14.2 Å². The molecule has 5 rings (SSSR count). The third-order valence-electron chi connectivity index (χ3n) is 6.73. The van der Waals surface area contributed by atoms with E-state index in [0.29, 0.717) is 63.8 Å². The van der Waals surface area contributed by atoms with Gasteiger partial charge in [0.2, 0.25) is 0 Å². The zero-order valence-corrected chi connectivity index (χ0v) is 21.4. The van der Waals surface area contributed by atoms with Crippen molar-refractivity contribution in [1.82, 2.24) is 30.4 Å². The molecule has 0 unspecified atom stereocenters. The normalized spacial score (nSPS) is 13.2. The van der Waals surface area contributed by atoms with E-state index in [0.717, 1.165) is 39.0 Å². The highest BCUT2D eigenvalue weighted by atomic mass is 19.1. The largest absolute Gasteiger partial charge is 0.505 e. The van der Waals surface area contributed by atoms with E-state index in [2.05, 4.69) is 20.5 Å². The lowest BCUT2D eigenvalue weighted by molar-refractivity contribution is 0.0719. The first-order chi connectivity index (χ1) is 18.5. The van der Waals surface area contributed by atoms with Crippen LogP contribution in [0.5, 0.6) is 5.75 Å². The number of ether oxygens (including phenoxy) is 2. The number of nitrogens with one attached hydrogen (secondary N) is 3. The van der Waals surface area contributed by atoms with Crippen molar-refractivity contribution in [2.24, 2.45) is 0 Å². The fraction of sp³-hybridized carbons (Fsp3) is 0.370. The van der Waals surface area contributed by atoms with Crippen LogP contribution in [0.2, 0.25) is 0 Å². The zero-order valence-electron chi connectivity index (χ0n) is 21.4. The Morgan fingerprint density at radius 1 is 1.24 bits per heavy atom. The molecule has 2 amide bonds. The molecule has 11 heteroatoms.